The summed E-state index contributed by atoms with van der Waals surface area (Å²) in [6, 6.07) is 0. The van der Waals surface area contributed by atoms with Crippen molar-refractivity contribution < 1.29 is 15.1 Å². The smallest absolute Gasteiger partial charge is 0.135 e. The van der Waals surface area contributed by atoms with Gasteiger partial charge in [0.2, 0.25) is 0 Å². The number of allylic oxidation sites excluding steroid dienone is 5. The zero-order valence-corrected chi connectivity index (χ0v) is 23.4. The van der Waals surface area contributed by atoms with Crippen LogP contribution in [0.15, 0.2) is 64.9 Å². The molecule has 0 amide bonds. The van der Waals surface area contributed by atoms with Crippen LogP contribution in [0.1, 0.15) is 92.4 Å². The molecule has 4 heteroatoms. The van der Waals surface area contributed by atoms with Crippen LogP contribution in [0.5, 0.6) is 0 Å². The number of nitrogens with zero attached hydrogens (tertiary/aromatic N) is 1. The van der Waals surface area contributed by atoms with Crippen LogP contribution in [0.3, 0.4) is 0 Å². The third-order valence-electron chi connectivity index (χ3n) is 8.69. The fourth-order valence-electron chi connectivity index (χ4n) is 6.54. The second-order valence-corrected chi connectivity index (χ2v) is 12.5. The number of hydrogen-bond acceptors (Lipinski definition) is 4. The van der Waals surface area contributed by atoms with Crippen LogP contribution >= 0.6 is 0 Å². The minimum atomic E-state index is -0.631. The summed E-state index contributed by atoms with van der Waals surface area (Å²) in [6.45, 7) is 19.7. The zero-order valence-electron chi connectivity index (χ0n) is 23.4. The van der Waals surface area contributed by atoms with Crippen LogP contribution in [-0.2, 0) is 4.84 Å². The summed E-state index contributed by atoms with van der Waals surface area (Å²) in [5.41, 5.74) is 6.25. The van der Waals surface area contributed by atoms with Crippen molar-refractivity contribution in [2.24, 2.45) is 27.8 Å². The second-order valence-electron chi connectivity index (χ2n) is 12.5. The quantitative estimate of drug-likeness (QED) is 0.151. The molecule has 0 saturated heterocycles. The molecule has 2 N–H and O–H groups in total. The Morgan fingerprint density at radius 1 is 1.31 bits per heavy atom. The standard InChI is InChI=1S/C32H49NO3/c1-8-19-36-33-30(31(4,5)6)13-9-11-22(2)27-16-17-28-24(12-10-18-32(27,28)7)14-15-25-20-26(34)21-29(35)23(25)3/h8,14-16,22,26,28-29,34-35H,1,3,9-13,17-21H2,2,4-7H3/t22-,26+,28+,29-,32-/m1/s1. The molecule has 200 valence electrons. The molecule has 5 atom stereocenters. The molecule has 2 fully saturated rings. The van der Waals surface area contributed by atoms with E-state index in [1.54, 1.807) is 11.6 Å². The molecule has 0 heterocycles. The summed E-state index contributed by atoms with van der Waals surface area (Å²) < 4.78 is 0. The Balaban J connectivity index is 1.65. The van der Waals surface area contributed by atoms with Gasteiger partial charge >= 0.3 is 0 Å². The molecular weight excluding hydrogens is 446 g/mol. The van der Waals surface area contributed by atoms with Crippen molar-refractivity contribution in [1.82, 2.24) is 0 Å². The lowest BCUT2D eigenvalue weighted by molar-refractivity contribution is 0.0862. The summed E-state index contributed by atoms with van der Waals surface area (Å²) in [4.78, 5) is 5.43. The van der Waals surface area contributed by atoms with Gasteiger partial charge in [-0.2, -0.15) is 0 Å². The summed E-state index contributed by atoms with van der Waals surface area (Å²) in [6.07, 6.45) is 16.4. The van der Waals surface area contributed by atoms with E-state index in [-0.39, 0.29) is 10.8 Å². The number of aliphatic hydroxyl groups is 2. The molecular formula is C32H49NO3. The van der Waals surface area contributed by atoms with Gasteiger partial charge in [-0.15, -0.1) is 0 Å². The monoisotopic (exact) mass is 495 g/mol. The van der Waals surface area contributed by atoms with Crippen molar-refractivity contribution in [3.63, 3.8) is 0 Å². The summed E-state index contributed by atoms with van der Waals surface area (Å²) >= 11 is 0. The van der Waals surface area contributed by atoms with E-state index in [9.17, 15) is 10.2 Å². The van der Waals surface area contributed by atoms with Crippen LogP contribution in [0.25, 0.3) is 0 Å². The van der Waals surface area contributed by atoms with Crippen molar-refractivity contribution >= 4 is 5.71 Å². The van der Waals surface area contributed by atoms with E-state index >= 15 is 0 Å². The average Bonchev–Trinajstić information content (AvgIpc) is 3.16. The van der Waals surface area contributed by atoms with Gasteiger partial charge in [-0.25, -0.2) is 0 Å². The molecule has 0 unspecified atom stereocenters. The Labute approximate surface area is 219 Å². The van der Waals surface area contributed by atoms with E-state index in [2.05, 4.69) is 71.2 Å². The van der Waals surface area contributed by atoms with E-state index in [4.69, 9.17) is 4.84 Å². The van der Waals surface area contributed by atoms with Gasteiger partial charge in [-0.1, -0.05) is 88.4 Å². The summed E-state index contributed by atoms with van der Waals surface area (Å²) in [5, 5.41) is 24.7. The first kappa shape index (κ1) is 28.7. The fraction of sp³-hybridized carbons (Fsp3) is 0.656. The minimum Gasteiger partial charge on any atom is -0.393 e. The van der Waals surface area contributed by atoms with Gasteiger partial charge in [0, 0.05) is 11.8 Å². The van der Waals surface area contributed by atoms with Crippen LogP contribution in [0, 0.1) is 22.7 Å². The molecule has 0 spiro atoms. The molecule has 0 aromatic carbocycles. The topological polar surface area (TPSA) is 62.0 Å². The third kappa shape index (κ3) is 6.69. The Morgan fingerprint density at radius 3 is 2.75 bits per heavy atom. The Bertz CT molecular complexity index is 932. The molecule has 0 aromatic heterocycles. The first-order valence-electron chi connectivity index (χ1n) is 13.9. The number of fused-ring (bicyclic) bond motifs is 1. The highest BCUT2D eigenvalue weighted by atomic mass is 16.6. The highest BCUT2D eigenvalue weighted by Gasteiger charge is 2.45. The number of aliphatic hydroxyl groups excluding tert-OH is 2. The number of hydrogen-bond donors (Lipinski definition) is 2. The predicted octanol–water partition coefficient (Wildman–Crippen LogP) is 7.46. The maximum atomic E-state index is 10.2. The first-order chi connectivity index (χ1) is 17.0. The molecule has 0 bridgehead atoms. The van der Waals surface area contributed by atoms with E-state index in [0.717, 1.165) is 49.0 Å². The van der Waals surface area contributed by atoms with E-state index in [1.807, 2.05) is 0 Å². The van der Waals surface area contributed by atoms with Gasteiger partial charge in [0.15, 0.2) is 0 Å². The average molecular weight is 496 g/mol. The normalized spacial score (nSPS) is 32.4. The largest absolute Gasteiger partial charge is 0.393 e. The molecule has 0 aromatic rings. The zero-order chi connectivity index (χ0) is 26.5. The van der Waals surface area contributed by atoms with E-state index in [0.29, 0.717) is 31.3 Å². The van der Waals surface area contributed by atoms with Crippen LogP contribution in [-0.4, -0.2) is 34.7 Å². The van der Waals surface area contributed by atoms with Crippen LogP contribution in [0.2, 0.25) is 0 Å². The Kier molecular flexibility index (Phi) is 9.62. The lowest BCUT2D eigenvalue weighted by atomic mass is 9.62. The van der Waals surface area contributed by atoms with Crippen molar-refractivity contribution in [1.29, 1.82) is 0 Å². The van der Waals surface area contributed by atoms with Gasteiger partial charge in [0.25, 0.3) is 0 Å². The molecule has 36 heavy (non-hydrogen) atoms. The second kappa shape index (κ2) is 12.1. The molecule has 0 aliphatic heterocycles. The summed E-state index contributed by atoms with van der Waals surface area (Å²) in [5.74, 6) is 1.10. The minimum absolute atomic E-state index is 0.00140. The molecule has 3 rings (SSSR count). The van der Waals surface area contributed by atoms with Gasteiger partial charge < -0.3 is 15.1 Å². The number of rotatable bonds is 9. The van der Waals surface area contributed by atoms with Crippen LogP contribution < -0.4 is 0 Å². The highest BCUT2D eigenvalue weighted by Crippen LogP contribution is 2.57. The van der Waals surface area contributed by atoms with Gasteiger partial charge in [0.1, 0.15) is 6.61 Å². The Hall–Kier alpha value is -1.91. The maximum Gasteiger partial charge on any atom is 0.135 e. The third-order valence-corrected chi connectivity index (χ3v) is 8.69. The fourth-order valence-corrected chi connectivity index (χ4v) is 6.54. The molecule has 3 aliphatic carbocycles. The number of oxime groups is 1. The summed E-state index contributed by atoms with van der Waals surface area (Å²) in [7, 11) is 0. The van der Waals surface area contributed by atoms with E-state index in [1.165, 1.54) is 18.4 Å². The molecule has 3 aliphatic rings. The Morgan fingerprint density at radius 2 is 2.06 bits per heavy atom. The van der Waals surface area contributed by atoms with Crippen molar-refractivity contribution in [2.75, 3.05) is 6.61 Å². The SMILES string of the molecule is C=CCON=C(CCC[C@@H](C)C1=CC[C@H]2C(=CC=C3C[C@H](O)C[C@@H](O)C3=C)CCC[C@]12C)C(C)(C)C. The predicted molar refractivity (Wildman–Crippen MR) is 151 cm³/mol. The van der Waals surface area contributed by atoms with Gasteiger partial charge in [-0.05, 0) is 79.8 Å². The molecule has 2 saturated carbocycles. The lowest BCUT2D eigenvalue weighted by Gasteiger charge is -2.42. The molecule has 4 nitrogen and oxygen atoms in total. The van der Waals surface area contributed by atoms with Crippen LogP contribution in [0.4, 0.5) is 0 Å². The van der Waals surface area contributed by atoms with Crippen molar-refractivity contribution in [2.45, 2.75) is 105 Å². The maximum absolute atomic E-state index is 10.2. The van der Waals surface area contributed by atoms with Gasteiger partial charge in [-0.3, -0.25) is 0 Å². The van der Waals surface area contributed by atoms with E-state index < -0.39 is 12.2 Å². The highest BCUT2D eigenvalue weighted by molar-refractivity contribution is 5.88. The van der Waals surface area contributed by atoms with Crippen molar-refractivity contribution in [3.05, 3.63) is 59.8 Å². The van der Waals surface area contributed by atoms with Crippen molar-refractivity contribution in [3.8, 4) is 0 Å². The van der Waals surface area contributed by atoms with Gasteiger partial charge in [0.05, 0.1) is 17.9 Å². The molecule has 0 radical (unpaired) electrons. The lowest BCUT2D eigenvalue weighted by Crippen LogP contribution is -2.32. The first-order valence-corrected chi connectivity index (χ1v) is 13.9.